The highest BCUT2D eigenvalue weighted by Gasteiger charge is 2.30. The van der Waals surface area contributed by atoms with Crippen LogP contribution in [0.2, 0.25) is 0 Å². The molecule has 0 radical (unpaired) electrons. The van der Waals surface area contributed by atoms with Crippen molar-refractivity contribution in [2.45, 2.75) is 53.1 Å². The number of carbonyl (C=O) groups is 3. The summed E-state index contributed by atoms with van der Waals surface area (Å²) in [6.45, 7) is 11.0. The van der Waals surface area contributed by atoms with Gasteiger partial charge in [0.15, 0.2) is 0 Å². The van der Waals surface area contributed by atoms with Crippen LogP contribution in [-0.2, 0) is 25.2 Å². The normalized spacial score (nSPS) is 13.0. The summed E-state index contributed by atoms with van der Waals surface area (Å²) in [5, 5.41) is 5.57. The van der Waals surface area contributed by atoms with Crippen molar-refractivity contribution in [1.29, 1.82) is 0 Å². The molecule has 2 atom stereocenters. The van der Waals surface area contributed by atoms with Crippen molar-refractivity contribution in [3.05, 3.63) is 59.7 Å². The lowest BCUT2D eigenvalue weighted by atomic mass is 10.1. The van der Waals surface area contributed by atoms with Gasteiger partial charge in [-0.15, -0.1) is 0 Å². The maximum absolute atomic E-state index is 13.2. The molecular weight excluding hydrogens is 438 g/mol. The molecule has 2 unspecified atom stereocenters. The summed E-state index contributed by atoms with van der Waals surface area (Å²) in [6, 6.07) is 13.6. The smallest absolute Gasteiger partial charge is 0.243 e. The van der Waals surface area contributed by atoms with Gasteiger partial charge in [-0.05, 0) is 71.4 Å². The van der Waals surface area contributed by atoms with Crippen LogP contribution in [0.4, 0.5) is 11.4 Å². The molecule has 3 amide bonds. The van der Waals surface area contributed by atoms with Crippen molar-refractivity contribution in [1.82, 2.24) is 5.32 Å². The Balaban J connectivity index is 2.13. The maximum atomic E-state index is 13.2. The molecule has 33 heavy (non-hydrogen) atoms. The lowest BCUT2D eigenvalue weighted by molar-refractivity contribution is -0.126. The Morgan fingerprint density at radius 3 is 2.18 bits per heavy atom. The first-order valence-corrected chi connectivity index (χ1v) is 12.3. The van der Waals surface area contributed by atoms with Crippen molar-refractivity contribution in [2.24, 2.45) is 0 Å². The molecule has 8 heteroatoms. The molecule has 0 bridgehead atoms. The Hall–Kier alpha value is -3.00. The molecule has 178 valence electrons. The zero-order valence-electron chi connectivity index (χ0n) is 20.1. The zero-order valence-corrected chi connectivity index (χ0v) is 20.9. The van der Waals surface area contributed by atoms with Crippen LogP contribution < -0.4 is 15.5 Å². The molecule has 2 rings (SSSR count). The average Bonchev–Trinajstić information content (AvgIpc) is 2.68. The molecule has 7 nitrogen and oxygen atoms in total. The second-order valence-corrected chi connectivity index (χ2v) is 10.6. The van der Waals surface area contributed by atoms with Crippen LogP contribution in [0, 0.1) is 13.8 Å². The van der Waals surface area contributed by atoms with E-state index >= 15 is 0 Å². The third-order valence-electron chi connectivity index (χ3n) is 4.73. The topological polar surface area (TPSA) is 95.6 Å². The Bertz CT molecular complexity index is 1030. The molecule has 0 aliphatic rings. The van der Waals surface area contributed by atoms with Gasteiger partial charge in [0.1, 0.15) is 17.5 Å². The van der Waals surface area contributed by atoms with Gasteiger partial charge in [0.05, 0.1) is 0 Å². The highest BCUT2D eigenvalue weighted by Crippen LogP contribution is 2.20. The number of amides is 3. The summed E-state index contributed by atoms with van der Waals surface area (Å²) in [5.74, 6) is -1.93. The maximum Gasteiger partial charge on any atom is 0.243 e. The van der Waals surface area contributed by atoms with E-state index in [1.165, 1.54) is 4.90 Å². The summed E-state index contributed by atoms with van der Waals surface area (Å²) >= 11 is 0. The van der Waals surface area contributed by atoms with Crippen molar-refractivity contribution < 1.29 is 18.6 Å². The number of nitrogens with zero attached hydrogens (tertiary/aromatic N) is 1. The minimum absolute atomic E-state index is 0.316. The van der Waals surface area contributed by atoms with Crippen LogP contribution in [0.15, 0.2) is 48.5 Å². The number of benzene rings is 2. The van der Waals surface area contributed by atoms with Gasteiger partial charge in [0.25, 0.3) is 0 Å². The predicted octanol–water partition coefficient (Wildman–Crippen LogP) is 3.33. The molecule has 0 saturated heterocycles. The van der Waals surface area contributed by atoms with Gasteiger partial charge >= 0.3 is 0 Å². The number of rotatable bonds is 8. The first-order valence-electron chi connectivity index (χ1n) is 10.8. The Morgan fingerprint density at radius 1 is 0.970 bits per heavy atom. The molecule has 0 aliphatic carbocycles. The number of nitrogens with one attached hydrogen (secondary N) is 2. The lowest BCUT2D eigenvalue weighted by Crippen LogP contribution is -2.53. The molecule has 0 aliphatic heterocycles. The molecular formula is C25H33N3O4S. The summed E-state index contributed by atoms with van der Waals surface area (Å²) in [7, 11) is -1.74. The van der Waals surface area contributed by atoms with E-state index in [1.807, 2.05) is 52.8 Å². The fourth-order valence-electron chi connectivity index (χ4n) is 3.19. The second kappa shape index (κ2) is 11.2. The summed E-state index contributed by atoms with van der Waals surface area (Å²) < 4.78 is 12.6. The van der Waals surface area contributed by atoms with Gasteiger partial charge in [0, 0.05) is 27.7 Å². The lowest BCUT2D eigenvalue weighted by Gasteiger charge is -2.31. The van der Waals surface area contributed by atoms with Crippen LogP contribution in [0.1, 0.15) is 38.8 Å². The van der Waals surface area contributed by atoms with E-state index in [0.29, 0.717) is 11.4 Å². The molecule has 0 aromatic heterocycles. The highest BCUT2D eigenvalue weighted by atomic mass is 32.2. The van der Waals surface area contributed by atoms with Crippen LogP contribution in [0.3, 0.4) is 0 Å². The number of carbonyl (C=O) groups excluding carboxylic acids is 3. The third kappa shape index (κ3) is 8.46. The monoisotopic (exact) mass is 471 g/mol. The Kier molecular flexibility index (Phi) is 8.93. The summed E-state index contributed by atoms with van der Waals surface area (Å²) in [5.41, 5.74) is 2.65. The molecule has 0 heterocycles. The highest BCUT2D eigenvalue weighted by molar-refractivity contribution is 7.86. The average molecular weight is 472 g/mol. The summed E-state index contributed by atoms with van der Waals surface area (Å²) in [4.78, 5) is 39.6. The van der Waals surface area contributed by atoms with E-state index in [0.717, 1.165) is 11.1 Å². The fraction of sp³-hybridized carbons (Fsp3) is 0.400. The van der Waals surface area contributed by atoms with Gasteiger partial charge in [-0.3, -0.25) is 23.5 Å². The summed E-state index contributed by atoms with van der Waals surface area (Å²) in [6.07, 6.45) is 0. The Morgan fingerprint density at radius 2 is 1.61 bits per heavy atom. The number of hydrogen-bond donors (Lipinski definition) is 2. The second-order valence-electron chi connectivity index (χ2n) is 9.16. The Labute approximate surface area is 198 Å². The van der Waals surface area contributed by atoms with E-state index in [-0.39, 0.29) is 17.4 Å². The molecule has 2 aromatic carbocycles. The van der Waals surface area contributed by atoms with Crippen LogP contribution in [-0.4, -0.2) is 45.0 Å². The van der Waals surface area contributed by atoms with Crippen LogP contribution in [0.25, 0.3) is 0 Å². The van der Waals surface area contributed by atoms with Gasteiger partial charge in [-0.1, -0.05) is 29.8 Å². The SMILES string of the molecule is Cc1ccc(NC(=O)CS(=O)CC(=O)N(c2cccc(C)c2)C(C)C(=O)NC(C)(C)C)cc1. The van der Waals surface area contributed by atoms with Crippen molar-refractivity contribution in [2.75, 3.05) is 21.7 Å². The van der Waals surface area contributed by atoms with E-state index in [2.05, 4.69) is 10.6 Å². The number of anilines is 2. The predicted molar refractivity (Wildman–Crippen MR) is 134 cm³/mol. The van der Waals surface area contributed by atoms with Crippen molar-refractivity contribution in [3.8, 4) is 0 Å². The molecule has 2 aromatic rings. The van der Waals surface area contributed by atoms with Crippen LogP contribution in [0.5, 0.6) is 0 Å². The first-order chi connectivity index (χ1) is 15.4. The molecule has 0 saturated carbocycles. The van der Waals surface area contributed by atoms with Gasteiger partial charge in [-0.2, -0.15) is 0 Å². The van der Waals surface area contributed by atoms with Crippen LogP contribution >= 0.6 is 0 Å². The number of aryl methyl sites for hydroxylation is 2. The van der Waals surface area contributed by atoms with Gasteiger partial charge < -0.3 is 10.6 Å². The molecule has 0 fully saturated rings. The van der Waals surface area contributed by atoms with E-state index in [1.54, 1.807) is 37.3 Å². The zero-order chi connectivity index (χ0) is 24.8. The van der Waals surface area contributed by atoms with E-state index in [4.69, 9.17) is 0 Å². The largest absolute Gasteiger partial charge is 0.350 e. The van der Waals surface area contributed by atoms with E-state index in [9.17, 15) is 18.6 Å². The fourth-order valence-corrected chi connectivity index (χ4v) is 4.07. The van der Waals surface area contributed by atoms with Crippen molar-refractivity contribution >= 4 is 39.9 Å². The minimum atomic E-state index is -1.74. The molecule has 0 spiro atoms. The van der Waals surface area contributed by atoms with E-state index < -0.39 is 34.2 Å². The first kappa shape index (κ1) is 26.3. The minimum Gasteiger partial charge on any atom is -0.350 e. The van der Waals surface area contributed by atoms with Gasteiger partial charge in [-0.25, -0.2) is 0 Å². The third-order valence-corrected chi connectivity index (χ3v) is 5.88. The van der Waals surface area contributed by atoms with Crippen molar-refractivity contribution in [3.63, 3.8) is 0 Å². The standard InChI is InChI=1S/C25H33N3O4S/c1-17-10-12-20(13-11-17)26-22(29)15-33(32)16-23(30)28(21-9-7-8-18(2)14-21)19(3)24(31)27-25(4,5)6/h7-14,19H,15-16H2,1-6H3,(H,26,29)(H,27,31). The quantitative estimate of drug-likeness (QED) is 0.617. The number of hydrogen-bond acceptors (Lipinski definition) is 4. The van der Waals surface area contributed by atoms with Gasteiger partial charge in [0.2, 0.25) is 17.7 Å². The molecule has 2 N–H and O–H groups in total.